The Bertz CT molecular complexity index is 547. The average Bonchev–Trinajstić information content (AvgIpc) is 3.26. The van der Waals surface area contributed by atoms with E-state index in [1.165, 1.54) is 0 Å². The van der Waals surface area contributed by atoms with Crippen molar-refractivity contribution in [3.63, 3.8) is 0 Å². The van der Waals surface area contributed by atoms with E-state index in [1.54, 1.807) is 12.5 Å². The SMILES string of the molecule is O=C(C[C@@H]1COC[C@H]2CN(c3ccncn3)C[C@@H]12)N1CCCC1. The third-order valence-electron chi connectivity index (χ3n) is 5.55. The summed E-state index contributed by atoms with van der Waals surface area (Å²) in [7, 11) is 0. The first-order valence-corrected chi connectivity index (χ1v) is 8.68. The van der Waals surface area contributed by atoms with Gasteiger partial charge in [-0.25, -0.2) is 9.97 Å². The fraction of sp³-hybridized carbons (Fsp3) is 0.706. The van der Waals surface area contributed by atoms with E-state index >= 15 is 0 Å². The monoisotopic (exact) mass is 316 g/mol. The van der Waals surface area contributed by atoms with Crippen LogP contribution in [0.4, 0.5) is 5.82 Å². The molecule has 0 aliphatic carbocycles. The largest absolute Gasteiger partial charge is 0.381 e. The number of anilines is 1. The van der Waals surface area contributed by atoms with Crippen LogP contribution in [0.2, 0.25) is 0 Å². The first kappa shape index (κ1) is 14.9. The molecule has 3 aliphatic heterocycles. The smallest absolute Gasteiger partial charge is 0.222 e. The van der Waals surface area contributed by atoms with Crippen molar-refractivity contribution in [3.05, 3.63) is 18.6 Å². The molecule has 0 bridgehead atoms. The maximum Gasteiger partial charge on any atom is 0.222 e. The van der Waals surface area contributed by atoms with Crippen LogP contribution >= 0.6 is 0 Å². The Hall–Kier alpha value is -1.69. The minimum absolute atomic E-state index is 0.317. The van der Waals surface area contributed by atoms with Gasteiger partial charge < -0.3 is 14.5 Å². The van der Waals surface area contributed by atoms with E-state index in [9.17, 15) is 4.79 Å². The lowest BCUT2D eigenvalue weighted by Gasteiger charge is -2.33. The summed E-state index contributed by atoms with van der Waals surface area (Å²) in [5.41, 5.74) is 0. The molecular formula is C17H24N4O2. The van der Waals surface area contributed by atoms with Crippen molar-refractivity contribution in [1.82, 2.24) is 14.9 Å². The van der Waals surface area contributed by atoms with Crippen LogP contribution in [0.5, 0.6) is 0 Å². The third kappa shape index (κ3) is 3.04. The zero-order chi connectivity index (χ0) is 15.6. The summed E-state index contributed by atoms with van der Waals surface area (Å²) >= 11 is 0. The van der Waals surface area contributed by atoms with Crippen LogP contribution in [0.1, 0.15) is 19.3 Å². The first-order chi connectivity index (χ1) is 11.3. The van der Waals surface area contributed by atoms with Gasteiger partial charge in [0.1, 0.15) is 12.1 Å². The predicted octanol–water partition coefficient (Wildman–Crippen LogP) is 1.19. The predicted molar refractivity (Wildman–Crippen MR) is 86.0 cm³/mol. The van der Waals surface area contributed by atoms with Crippen LogP contribution < -0.4 is 4.90 Å². The number of ether oxygens (including phenoxy) is 1. The van der Waals surface area contributed by atoms with Gasteiger partial charge in [-0.2, -0.15) is 0 Å². The van der Waals surface area contributed by atoms with Gasteiger partial charge >= 0.3 is 0 Å². The van der Waals surface area contributed by atoms with Crippen molar-refractivity contribution in [3.8, 4) is 0 Å². The number of hydrogen-bond donors (Lipinski definition) is 0. The van der Waals surface area contributed by atoms with E-state index in [0.29, 0.717) is 30.1 Å². The van der Waals surface area contributed by atoms with Gasteiger partial charge in [0.15, 0.2) is 0 Å². The number of amides is 1. The van der Waals surface area contributed by atoms with Gasteiger partial charge in [-0.3, -0.25) is 4.79 Å². The Morgan fingerprint density at radius 2 is 2.13 bits per heavy atom. The van der Waals surface area contributed by atoms with Crippen LogP contribution in [0, 0.1) is 17.8 Å². The molecule has 1 aromatic rings. The molecule has 3 saturated heterocycles. The van der Waals surface area contributed by atoms with Gasteiger partial charge in [-0.15, -0.1) is 0 Å². The highest BCUT2D eigenvalue weighted by Gasteiger charge is 2.42. The topological polar surface area (TPSA) is 58.6 Å². The van der Waals surface area contributed by atoms with E-state index < -0.39 is 0 Å². The fourth-order valence-corrected chi connectivity index (χ4v) is 4.29. The van der Waals surface area contributed by atoms with Crippen LogP contribution in [-0.2, 0) is 9.53 Å². The summed E-state index contributed by atoms with van der Waals surface area (Å²) in [6.45, 7) is 5.35. The molecule has 4 heterocycles. The Labute approximate surface area is 136 Å². The van der Waals surface area contributed by atoms with Crippen molar-refractivity contribution >= 4 is 11.7 Å². The molecule has 0 aromatic carbocycles. The molecule has 0 radical (unpaired) electrons. The minimum atomic E-state index is 0.317. The number of nitrogens with zero attached hydrogens (tertiary/aromatic N) is 4. The third-order valence-corrected chi connectivity index (χ3v) is 5.55. The van der Waals surface area contributed by atoms with Gasteiger partial charge in [-0.05, 0) is 30.7 Å². The van der Waals surface area contributed by atoms with E-state index in [2.05, 4.69) is 14.9 Å². The van der Waals surface area contributed by atoms with Gasteiger partial charge in [0, 0.05) is 44.7 Å². The summed E-state index contributed by atoms with van der Waals surface area (Å²) in [4.78, 5) is 25.2. The summed E-state index contributed by atoms with van der Waals surface area (Å²) in [6, 6.07) is 1.96. The van der Waals surface area contributed by atoms with Crippen molar-refractivity contribution in [2.75, 3.05) is 44.3 Å². The summed E-state index contributed by atoms with van der Waals surface area (Å²) in [6.07, 6.45) is 6.33. The van der Waals surface area contributed by atoms with Gasteiger partial charge in [0.2, 0.25) is 5.91 Å². The number of likely N-dealkylation sites (tertiary alicyclic amines) is 1. The van der Waals surface area contributed by atoms with E-state index in [4.69, 9.17) is 4.74 Å². The summed E-state index contributed by atoms with van der Waals surface area (Å²) in [5.74, 6) is 2.69. The lowest BCUT2D eigenvalue weighted by molar-refractivity contribution is -0.133. The van der Waals surface area contributed by atoms with Gasteiger partial charge in [0.05, 0.1) is 13.2 Å². The standard InChI is InChI=1S/C17H24N4O2/c22-17(20-5-1-2-6-20)7-13-10-23-11-14-8-21(9-15(13)14)16-3-4-18-12-19-16/h3-4,12-15H,1-2,5-11H2/t13-,14-,15+/m1/s1. The van der Waals surface area contributed by atoms with E-state index in [0.717, 1.165) is 58.1 Å². The average molecular weight is 316 g/mol. The number of rotatable bonds is 3. The van der Waals surface area contributed by atoms with Crippen LogP contribution in [-0.4, -0.2) is 60.2 Å². The number of fused-ring (bicyclic) bond motifs is 1. The molecule has 124 valence electrons. The lowest BCUT2D eigenvalue weighted by Crippen LogP contribution is -2.39. The number of aromatic nitrogens is 2. The number of hydrogen-bond acceptors (Lipinski definition) is 5. The Kier molecular flexibility index (Phi) is 4.16. The van der Waals surface area contributed by atoms with Crippen molar-refractivity contribution in [2.45, 2.75) is 19.3 Å². The summed E-state index contributed by atoms with van der Waals surface area (Å²) < 4.78 is 5.81. The fourth-order valence-electron chi connectivity index (χ4n) is 4.29. The van der Waals surface area contributed by atoms with Crippen molar-refractivity contribution < 1.29 is 9.53 Å². The molecule has 6 nitrogen and oxygen atoms in total. The highest BCUT2D eigenvalue weighted by molar-refractivity contribution is 5.76. The Balaban J connectivity index is 1.42. The quantitative estimate of drug-likeness (QED) is 0.838. The second kappa shape index (κ2) is 6.43. The molecule has 0 spiro atoms. The first-order valence-electron chi connectivity index (χ1n) is 8.68. The zero-order valence-corrected chi connectivity index (χ0v) is 13.4. The molecule has 1 aromatic heterocycles. The second-order valence-electron chi connectivity index (χ2n) is 6.99. The van der Waals surface area contributed by atoms with Crippen molar-refractivity contribution in [2.24, 2.45) is 17.8 Å². The Morgan fingerprint density at radius 3 is 2.91 bits per heavy atom. The highest BCUT2D eigenvalue weighted by Crippen LogP contribution is 2.37. The van der Waals surface area contributed by atoms with Gasteiger partial charge in [0.25, 0.3) is 0 Å². The molecule has 1 amide bonds. The number of carbonyl (C=O) groups excluding carboxylic acids is 1. The summed E-state index contributed by atoms with van der Waals surface area (Å²) in [5, 5.41) is 0. The second-order valence-corrected chi connectivity index (χ2v) is 6.99. The molecule has 3 atom stereocenters. The van der Waals surface area contributed by atoms with Crippen LogP contribution in [0.25, 0.3) is 0 Å². The molecule has 0 saturated carbocycles. The molecule has 3 aliphatic rings. The molecular weight excluding hydrogens is 292 g/mol. The van der Waals surface area contributed by atoms with Gasteiger partial charge in [-0.1, -0.05) is 0 Å². The molecule has 23 heavy (non-hydrogen) atoms. The number of carbonyl (C=O) groups is 1. The van der Waals surface area contributed by atoms with Crippen LogP contribution in [0.3, 0.4) is 0 Å². The van der Waals surface area contributed by atoms with E-state index in [-0.39, 0.29) is 0 Å². The highest BCUT2D eigenvalue weighted by atomic mass is 16.5. The minimum Gasteiger partial charge on any atom is -0.381 e. The molecule has 0 unspecified atom stereocenters. The normalized spacial score (nSPS) is 30.5. The molecule has 3 fully saturated rings. The molecule has 6 heteroatoms. The van der Waals surface area contributed by atoms with Crippen LogP contribution in [0.15, 0.2) is 18.6 Å². The molecule has 0 N–H and O–H groups in total. The van der Waals surface area contributed by atoms with Crippen molar-refractivity contribution in [1.29, 1.82) is 0 Å². The zero-order valence-electron chi connectivity index (χ0n) is 13.4. The maximum atomic E-state index is 12.5. The molecule has 4 rings (SSSR count). The maximum absolute atomic E-state index is 12.5. The van der Waals surface area contributed by atoms with E-state index in [1.807, 2.05) is 11.0 Å². The Morgan fingerprint density at radius 1 is 1.26 bits per heavy atom. The lowest BCUT2D eigenvalue weighted by atomic mass is 9.81.